The lowest BCUT2D eigenvalue weighted by atomic mass is 9.85. The van der Waals surface area contributed by atoms with Crippen LogP contribution in [0.5, 0.6) is 0 Å². The number of fused-ring (bicyclic) bond motifs is 2. The summed E-state index contributed by atoms with van der Waals surface area (Å²) in [4.78, 5) is 148. The normalized spacial score (nSPS) is 21.4. The number of carbonyl (C=O) groups is 10. The van der Waals surface area contributed by atoms with E-state index in [0.29, 0.717) is 12.8 Å². The molecule has 0 unspecified atom stereocenters. The Bertz CT molecular complexity index is 2980. The second kappa shape index (κ2) is 28.3. The highest BCUT2D eigenvalue weighted by atomic mass is 16.6. The number of benzene rings is 3. The number of aryl methyl sites for hydroxylation is 2. The van der Waals surface area contributed by atoms with E-state index in [-0.39, 0.29) is 85.4 Å². The second-order valence-electron chi connectivity index (χ2n) is 29.5. The van der Waals surface area contributed by atoms with Crippen LogP contribution in [0.1, 0.15) is 203 Å². The van der Waals surface area contributed by atoms with Gasteiger partial charge in [-0.15, -0.1) is 0 Å². The van der Waals surface area contributed by atoms with Gasteiger partial charge in [-0.2, -0.15) is 0 Å². The van der Waals surface area contributed by atoms with Crippen molar-refractivity contribution in [1.82, 2.24) is 40.9 Å². The molecule has 90 heavy (non-hydrogen) atoms. The molecule has 2 aliphatic heterocycles. The summed E-state index contributed by atoms with van der Waals surface area (Å²) in [6.45, 7) is 24.2. The lowest BCUT2D eigenvalue weighted by Crippen LogP contribution is -2.60. The summed E-state index contributed by atoms with van der Waals surface area (Å²) in [6, 6.07) is 15.3. The zero-order valence-corrected chi connectivity index (χ0v) is 55.9. The fraction of sp³-hybridized carbons (Fsp3) is 0.600. The summed E-state index contributed by atoms with van der Waals surface area (Å²) in [7, 11) is 2.89. The van der Waals surface area contributed by atoms with Gasteiger partial charge in [0.25, 0.3) is 0 Å². The minimum atomic E-state index is -1.15. The van der Waals surface area contributed by atoms with E-state index in [0.717, 1.165) is 57.7 Å². The van der Waals surface area contributed by atoms with Crippen molar-refractivity contribution < 1.29 is 57.4 Å². The number of nitrogens with one attached hydrogen (secondary N) is 4. The van der Waals surface area contributed by atoms with Gasteiger partial charge in [-0.1, -0.05) is 108 Å². The largest absolute Gasteiger partial charge is 0.444 e. The number of hydrogen-bond donors (Lipinski definition) is 4. The molecule has 0 radical (unpaired) electrons. The standard InChI is InChI=1S/C70H98N8O12/c1-41(75(15)65(87)89-69(9,10)11)59(81)73-57(67(3,4)5)63(85)77-39-43(34-53(77)61(83)71-51-32-22-26-45-24-17-19-30-49(45)51)36-55(79)47-28-21-29-48(38-47)56(80)37-44-35-54(62(84)72-52-33-23-27-46-25-18-20-31-50(46)52)78(40-44)64(86)58(68(6,7)8)74-60(82)42(2)76(16)66(88)90-70(12,13)14/h17-21,24-25,28-31,38,41-44,51-54,57-58H,22-23,26-27,32-37,39-40H2,1-16H3,(H,71,83)(H,72,84)(H,73,81)(H,74,82)/t41-,42-,43+,44+,51+,52+,53-,54-,57+,58+/m0/s1. The van der Waals surface area contributed by atoms with Crippen LogP contribution < -0.4 is 21.3 Å². The van der Waals surface area contributed by atoms with Crippen LogP contribution in [-0.2, 0) is 51.1 Å². The molecule has 3 aromatic rings. The molecule has 2 saturated heterocycles. The van der Waals surface area contributed by atoms with Gasteiger partial charge in [0.2, 0.25) is 35.4 Å². The third-order valence-corrected chi connectivity index (χ3v) is 17.9. The van der Waals surface area contributed by atoms with Gasteiger partial charge in [-0.3, -0.25) is 48.2 Å². The SMILES string of the molecule is C[C@@H](C(=O)N[C@H](C(=O)N1C[C@@H](CC(=O)c2cccc(C(=O)C[C@H]3C[C@@H](C(=O)N[C@@H]4CCCc5ccccc54)N(C(=O)[C@@H](NC(=O)[C@H](C)N(C)C(=O)OC(C)(C)C)C(C)(C)C)C3)c2)C[C@H]1C(=O)N[C@@H]1CCCc2ccccc21)C(C)(C)C)N(C)C(=O)OC(C)(C)C. The lowest BCUT2D eigenvalue weighted by Gasteiger charge is -2.37. The number of amides is 8. The predicted molar refractivity (Wildman–Crippen MR) is 342 cm³/mol. The molecule has 2 heterocycles. The summed E-state index contributed by atoms with van der Waals surface area (Å²) in [5, 5.41) is 12.3. The molecule has 2 aliphatic carbocycles. The number of Topliss-reactive ketones (excluding diaryl/α,β-unsaturated/α-hetero) is 2. The van der Waals surface area contributed by atoms with Gasteiger partial charge in [0, 0.05) is 51.2 Å². The van der Waals surface area contributed by atoms with Crippen LogP contribution in [-0.4, -0.2) is 153 Å². The van der Waals surface area contributed by atoms with E-state index < -0.39 is 106 Å². The van der Waals surface area contributed by atoms with Crippen molar-refractivity contribution in [2.24, 2.45) is 22.7 Å². The van der Waals surface area contributed by atoms with Gasteiger partial charge < -0.3 is 40.5 Å². The molecule has 0 saturated carbocycles. The van der Waals surface area contributed by atoms with Crippen molar-refractivity contribution in [3.8, 4) is 0 Å². The van der Waals surface area contributed by atoms with Crippen LogP contribution in [0.25, 0.3) is 0 Å². The number of rotatable bonds is 18. The molecule has 4 aliphatic rings. The highest BCUT2D eigenvalue weighted by molar-refractivity contribution is 6.02. The molecule has 3 aromatic carbocycles. The molecule has 0 bridgehead atoms. The summed E-state index contributed by atoms with van der Waals surface area (Å²) in [5.74, 6) is -4.65. The molecule has 7 rings (SSSR count). The number of likely N-dealkylation sites (N-methyl/N-ethyl adjacent to an activating group) is 2. The van der Waals surface area contributed by atoms with Crippen LogP contribution >= 0.6 is 0 Å². The minimum Gasteiger partial charge on any atom is -0.444 e. The number of ether oxygens (including phenoxy) is 2. The monoisotopic (exact) mass is 1240 g/mol. The third kappa shape index (κ3) is 17.4. The molecular weight excluding hydrogens is 1140 g/mol. The maximum absolute atomic E-state index is 15.1. The van der Waals surface area contributed by atoms with Crippen molar-refractivity contribution in [2.75, 3.05) is 27.2 Å². The summed E-state index contributed by atoms with van der Waals surface area (Å²) in [6.07, 6.45) is 3.53. The number of likely N-dealkylation sites (tertiary alicyclic amines) is 2. The van der Waals surface area contributed by atoms with Gasteiger partial charge in [-0.05, 0) is 158 Å². The van der Waals surface area contributed by atoms with Gasteiger partial charge in [-0.25, -0.2) is 9.59 Å². The van der Waals surface area contributed by atoms with Crippen molar-refractivity contribution in [2.45, 2.75) is 221 Å². The van der Waals surface area contributed by atoms with Crippen molar-refractivity contribution in [3.05, 3.63) is 106 Å². The Balaban J connectivity index is 1.10. The van der Waals surface area contributed by atoms with E-state index in [2.05, 4.69) is 21.3 Å². The maximum atomic E-state index is 15.1. The molecule has 8 amide bonds. The van der Waals surface area contributed by atoms with Crippen LogP contribution in [0.3, 0.4) is 0 Å². The molecular formula is C70H98N8O12. The zero-order chi connectivity index (χ0) is 66.5. The summed E-state index contributed by atoms with van der Waals surface area (Å²) < 4.78 is 11.0. The van der Waals surface area contributed by atoms with Crippen LogP contribution in [0.4, 0.5) is 9.59 Å². The fourth-order valence-electron chi connectivity index (χ4n) is 12.6. The van der Waals surface area contributed by atoms with Crippen LogP contribution in [0, 0.1) is 22.7 Å². The quantitative estimate of drug-likeness (QED) is 0.0870. The first-order valence-electron chi connectivity index (χ1n) is 32.0. The Morgan fingerprint density at radius 3 is 1.22 bits per heavy atom. The summed E-state index contributed by atoms with van der Waals surface area (Å²) >= 11 is 0. The van der Waals surface area contributed by atoms with E-state index in [1.165, 1.54) is 43.8 Å². The number of nitrogens with zero attached hydrogens (tertiary/aromatic N) is 4. The molecule has 0 aromatic heterocycles. The number of ketones is 2. The predicted octanol–water partition coefficient (Wildman–Crippen LogP) is 9.23. The Kier molecular flexibility index (Phi) is 21.9. The Hall–Kier alpha value is -7.64. The van der Waals surface area contributed by atoms with E-state index in [4.69, 9.17) is 9.47 Å². The van der Waals surface area contributed by atoms with Crippen molar-refractivity contribution >= 4 is 59.2 Å². The fourth-order valence-corrected chi connectivity index (χ4v) is 12.6. The molecule has 490 valence electrons. The van der Waals surface area contributed by atoms with Gasteiger partial charge >= 0.3 is 12.2 Å². The Morgan fingerprint density at radius 1 is 0.522 bits per heavy atom. The van der Waals surface area contributed by atoms with E-state index in [9.17, 15) is 38.4 Å². The van der Waals surface area contributed by atoms with Crippen molar-refractivity contribution in [1.29, 1.82) is 0 Å². The average molecular weight is 1240 g/mol. The van der Waals surface area contributed by atoms with Gasteiger partial charge in [0.05, 0.1) is 12.1 Å². The molecule has 0 spiro atoms. The first-order chi connectivity index (χ1) is 41.9. The molecule has 4 N–H and O–H groups in total. The first-order valence-corrected chi connectivity index (χ1v) is 32.0. The highest BCUT2D eigenvalue weighted by Crippen LogP contribution is 2.37. The van der Waals surface area contributed by atoms with E-state index in [1.54, 1.807) is 101 Å². The molecule has 2 fully saturated rings. The van der Waals surface area contributed by atoms with Crippen LogP contribution in [0.15, 0.2) is 72.8 Å². The minimum absolute atomic E-state index is 0.0131. The maximum Gasteiger partial charge on any atom is 0.410 e. The van der Waals surface area contributed by atoms with Gasteiger partial charge in [0.15, 0.2) is 11.6 Å². The number of hydrogen-bond acceptors (Lipinski definition) is 12. The van der Waals surface area contributed by atoms with Gasteiger partial charge in [0.1, 0.15) is 47.5 Å². The Morgan fingerprint density at radius 2 is 0.878 bits per heavy atom. The van der Waals surface area contributed by atoms with E-state index >= 15 is 9.59 Å². The smallest absolute Gasteiger partial charge is 0.410 e. The van der Waals surface area contributed by atoms with Crippen LogP contribution in [0.2, 0.25) is 0 Å². The van der Waals surface area contributed by atoms with Crippen molar-refractivity contribution in [3.63, 3.8) is 0 Å². The molecule has 20 nitrogen and oxygen atoms in total. The van der Waals surface area contributed by atoms with E-state index in [1.807, 2.05) is 48.5 Å². The molecule has 10 atom stereocenters. The third-order valence-electron chi connectivity index (χ3n) is 17.9. The topological polar surface area (TPSA) is 250 Å². The highest BCUT2D eigenvalue weighted by Gasteiger charge is 2.49. The number of carbonyl (C=O) groups excluding carboxylic acids is 10. The zero-order valence-electron chi connectivity index (χ0n) is 55.9. The second-order valence-corrected chi connectivity index (χ2v) is 29.5. The Labute approximate surface area is 532 Å². The summed E-state index contributed by atoms with van der Waals surface area (Å²) in [5.41, 5.74) is 1.39. The average Bonchev–Trinajstić information content (AvgIpc) is 1.89. The molecule has 20 heteroatoms. The first kappa shape index (κ1) is 69.8. The lowest BCUT2D eigenvalue weighted by molar-refractivity contribution is -0.144.